The monoisotopic (exact) mass is 306 g/mol. The minimum Gasteiger partial charge on any atom is -0.357 e. The number of nitrogens with zero attached hydrogens (tertiary/aromatic N) is 1. The van der Waals surface area contributed by atoms with Crippen LogP contribution >= 0.6 is 11.6 Å². The number of benzene rings is 1. The number of carbonyl (C=O) groups excluding carboxylic acids is 1. The van der Waals surface area contributed by atoms with Gasteiger partial charge in [-0.15, -0.1) is 0 Å². The molecule has 3 rings (SSSR count). The maximum atomic E-state index is 15.0. The summed E-state index contributed by atoms with van der Waals surface area (Å²) in [5, 5.41) is 0.599. The van der Waals surface area contributed by atoms with Crippen molar-refractivity contribution in [2.24, 2.45) is 0 Å². The van der Waals surface area contributed by atoms with Gasteiger partial charge in [0.1, 0.15) is 11.4 Å². The summed E-state index contributed by atoms with van der Waals surface area (Å²) in [6, 6.07) is 10.4. The second kappa shape index (κ2) is 5.53. The molecule has 0 spiro atoms. The first-order chi connectivity index (χ1) is 10.1. The second-order valence-corrected chi connectivity index (χ2v) is 5.78. The number of amides is 1. The number of alkyl halides is 1. The molecule has 0 atom stereocenters. The lowest BCUT2D eigenvalue weighted by molar-refractivity contribution is 0.0417. The average molecular weight is 307 g/mol. The van der Waals surface area contributed by atoms with E-state index in [1.165, 1.54) is 0 Å². The predicted molar refractivity (Wildman–Crippen MR) is 80.2 cm³/mol. The molecule has 5 heteroatoms. The highest BCUT2D eigenvalue weighted by molar-refractivity contribution is 6.30. The number of aromatic nitrogens is 1. The Morgan fingerprint density at radius 1 is 1.19 bits per heavy atom. The fourth-order valence-corrected chi connectivity index (χ4v) is 2.86. The van der Waals surface area contributed by atoms with Gasteiger partial charge in [-0.2, -0.15) is 0 Å². The van der Waals surface area contributed by atoms with Crippen molar-refractivity contribution < 1.29 is 9.18 Å². The van der Waals surface area contributed by atoms with Crippen LogP contribution in [0.4, 0.5) is 4.39 Å². The van der Waals surface area contributed by atoms with Gasteiger partial charge in [-0.25, -0.2) is 4.39 Å². The molecule has 2 aromatic rings. The molecule has 1 aliphatic heterocycles. The average Bonchev–Trinajstić information content (AvgIpc) is 3.02. The highest BCUT2D eigenvalue weighted by atomic mass is 35.5. The molecular formula is C16H16ClFN2O. The summed E-state index contributed by atoms with van der Waals surface area (Å²) in [5.74, 6) is -0.0712. The number of aromatic amines is 1. The van der Waals surface area contributed by atoms with E-state index in [1.54, 1.807) is 47.5 Å². The summed E-state index contributed by atoms with van der Waals surface area (Å²) >= 11 is 5.84. The van der Waals surface area contributed by atoms with E-state index >= 15 is 4.39 Å². The Balaban J connectivity index is 1.69. The standard InChI is InChI=1S/C16H16ClFN2O/c17-13-5-3-12(4-6-13)16(18)7-10-20(11-8-16)15(21)14-2-1-9-19-14/h1-6,9,19H,7-8,10-11H2. The molecule has 110 valence electrons. The van der Waals surface area contributed by atoms with Gasteiger partial charge in [-0.05, 0) is 29.8 Å². The highest BCUT2D eigenvalue weighted by Gasteiger charge is 2.37. The van der Waals surface area contributed by atoms with Gasteiger partial charge in [-0.1, -0.05) is 23.7 Å². The third-order valence-corrected chi connectivity index (χ3v) is 4.29. The first kappa shape index (κ1) is 14.1. The third-order valence-electron chi connectivity index (χ3n) is 4.03. The topological polar surface area (TPSA) is 36.1 Å². The van der Waals surface area contributed by atoms with E-state index in [0.29, 0.717) is 42.2 Å². The molecule has 3 nitrogen and oxygen atoms in total. The van der Waals surface area contributed by atoms with Gasteiger partial charge in [0, 0.05) is 37.2 Å². The zero-order chi connectivity index (χ0) is 14.9. The first-order valence-corrected chi connectivity index (χ1v) is 7.34. The van der Waals surface area contributed by atoms with E-state index in [-0.39, 0.29) is 5.91 Å². The van der Waals surface area contributed by atoms with Gasteiger partial charge in [0.15, 0.2) is 0 Å². The van der Waals surface area contributed by atoms with Crippen LogP contribution in [0.2, 0.25) is 5.02 Å². The van der Waals surface area contributed by atoms with Gasteiger partial charge in [0.25, 0.3) is 5.91 Å². The van der Waals surface area contributed by atoms with Crippen molar-refractivity contribution in [2.45, 2.75) is 18.5 Å². The number of piperidine rings is 1. The molecule has 0 aliphatic carbocycles. The van der Waals surface area contributed by atoms with E-state index < -0.39 is 5.67 Å². The van der Waals surface area contributed by atoms with E-state index in [0.717, 1.165) is 0 Å². The van der Waals surface area contributed by atoms with Gasteiger partial charge in [0.05, 0.1) is 0 Å². The van der Waals surface area contributed by atoms with Crippen LogP contribution in [0.25, 0.3) is 0 Å². The van der Waals surface area contributed by atoms with Gasteiger partial charge in [-0.3, -0.25) is 4.79 Å². The molecule has 1 amide bonds. The largest absolute Gasteiger partial charge is 0.357 e. The molecule has 1 aromatic heterocycles. The van der Waals surface area contributed by atoms with Crippen LogP contribution in [-0.4, -0.2) is 28.9 Å². The Kier molecular flexibility index (Phi) is 3.72. The van der Waals surface area contributed by atoms with Crippen molar-refractivity contribution in [3.8, 4) is 0 Å². The van der Waals surface area contributed by atoms with Crippen molar-refractivity contribution in [3.63, 3.8) is 0 Å². The number of hydrogen-bond donors (Lipinski definition) is 1. The Morgan fingerprint density at radius 3 is 2.43 bits per heavy atom. The summed E-state index contributed by atoms with van der Waals surface area (Å²) < 4.78 is 15.0. The third kappa shape index (κ3) is 2.81. The summed E-state index contributed by atoms with van der Waals surface area (Å²) in [6.45, 7) is 0.827. The highest BCUT2D eigenvalue weighted by Crippen LogP contribution is 2.37. The minimum absolute atomic E-state index is 0.0712. The number of nitrogens with one attached hydrogen (secondary N) is 1. The number of rotatable bonds is 2. The Morgan fingerprint density at radius 2 is 1.86 bits per heavy atom. The van der Waals surface area contributed by atoms with Crippen LogP contribution in [0.3, 0.4) is 0 Å². The fraction of sp³-hybridized carbons (Fsp3) is 0.312. The van der Waals surface area contributed by atoms with E-state index in [9.17, 15) is 4.79 Å². The lowest BCUT2D eigenvalue weighted by Gasteiger charge is -2.36. The van der Waals surface area contributed by atoms with Gasteiger partial charge in [0.2, 0.25) is 0 Å². The second-order valence-electron chi connectivity index (χ2n) is 5.35. The normalized spacial score (nSPS) is 17.7. The molecule has 1 aliphatic rings. The number of carbonyl (C=O) groups is 1. The molecular weight excluding hydrogens is 291 g/mol. The molecule has 1 N–H and O–H groups in total. The van der Waals surface area contributed by atoms with Crippen molar-refractivity contribution in [1.82, 2.24) is 9.88 Å². The SMILES string of the molecule is O=C(c1ccc[nH]1)N1CCC(F)(c2ccc(Cl)cc2)CC1. The smallest absolute Gasteiger partial charge is 0.270 e. The van der Waals surface area contributed by atoms with Gasteiger partial charge < -0.3 is 9.88 Å². The molecule has 0 saturated carbocycles. The Bertz CT molecular complexity index is 616. The zero-order valence-electron chi connectivity index (χ0n) is 11.5. The van der Waals surface area contributed by atoms with Crippen LogP contribution in [0.5, 0.6) is 0 Å². The van der Waals surface area contributed by atoms with Gasteiger partial charge >= 0.3 is 0 Å². The molecule has 2 heterocycles. The molecule has 0 bridgehead atoms. The van der Waals surface area contributed by atoms with Crippen LogP contribution in [0, 0.1) is 0 Å². The van der Waals surface area contributed by atoms with Crippen molar-refractivity contribution in [2.75, 3.05) is 13.1 Å². The molecule has 21 heavy (non-hydrogen) atoms. The van der Waals surface area contributed by atoms with Crippen LogP contribution in [-0.2, 0) is 5.67 Å². The summed E-state index contributed by atoms with van der Waals surface area (Å²) in [7, 11) is 0. The molecule has 0 unspecified atom stereocenters. The summed E-state index contributed by atoms with van der Waals surface area (Å²) in [5.41, 5.74) is -0.191. The maximum Gasteiger partial charge on any atom is 0.270 e. The molecule has 1 fully saturated rings. The fourth-order valence-electron chi connectivity index (χ4n) is 2.74. The van der Waals surface area contributed by atoms with Crippen LogP contribution in [0.1, 0.15) is 28.9 Å². The number of likely N-dealkylation sites (tertiary alicyclic amines) is 1. The molecule has 0 radical (unpaired) electrons. The summed E-state index contributed by atoms with van der Waals surface area (Å²) in [4.78, 5) is 16.8. The van der Waals surface area contributed by atoms with Crippen molar-refractivity contribution >= 4 is 17.5 Å². The van der Waals surface area contributed by atoms with Crippen LogP contribution in [0.15, 0.2) is 42.6 Å². The van der Waals surface area contributed by atoms with Crippen molar-refractivity contribution in [3.05, 3.63) is 58.9 Å². The Labute approximate surface area is 127 Å². The lowest BCUT2D eigenvalue weighted by atomic mass is 9.86. The molecule has 1 saturated heterocycles. The quantitative estimate of drug-likeness (QED) is 0.901. The zero-order valence-corrected chi connectivity index (χ0v) is 12.2. The Hall–Kier alpha value is -1.81. The van der Waals surface area contributed by atoms with Crippen molar-refractivity contribution in [1.29, 1.82) is 0 Å². The molecule has 1 aromatic carbocycles. The van der Waals surface area contributed by atoms with E-state index in [1.807, 2.05) is 0 Å². The first-order valence-electron chi connectivity index (χ1n) is 6.96. The summed E-state index contributed by atoms with van der Waals surface area (Å²) in [6.07, 6.45) is 2.33. The lowest BCUT2D eigenvalue weighted by Crippen LogP contribution is -2.43. The van der Waals surface area contributed by atoms with E-state index in [2.05, 4.69) is 4.98 Å². The number of halogens is 2. The maximum absolute atomic E-state index is 15.0. The van der Waals surface area contributed by atoms with Crippen LogP contribution < -0.4 is 0 Å². The number of hydrogen-bond acceptors (Lipinski definition) is 1. The minimum atomic E-state index is -1.38. The number of H-pyrrole nitrogens is 1. The van der Waals surface area contributed by atoms with E-state index in [4.69, 9.17) is 11.6 Å². The predicted octanol–water partition coefficient (Wildman–Crippen LogP) is 3.77.